The predicted molar refractivity (Wildman–Crippen MR) is 66.1 cm³/mol. The second-order valence-corrected chi connectivity index (χ2v) is 4.00. The van der Waals surface area contributed by atoms with Gasteiger partial charge in [0, 0.05) is 6.42 Å². The zero-order chi connectivity index (χ0) is 12.4. The second kappa shape index (κ2) is 4.57. The number of carbonyl (C=O) groups is 1. The first-order chi connectivity index (χ1) is 8.19. The van der Waals surface area contributed by atoms with Gasteiger partial charge in [0.1, 0.15) is 11.9 Å². The summed E-state index contributed by atoms with van der Waals surface area (Å²) in [5.41, 5.74) is 1.77. The van der Waals surface area contributed by atoms with Crippen molar-refractivity contribution in [1.29, 1.82) is 0 Å². The minimum absolute atomic E-state index is 0.530. The maximum atomic E-state index is 11.3. The number of fused-ring (bicyclic) bond motifs is 1. The lowest BCUT2D eigenvalue weighted by Gasteiger charge is -2.15. The van der Waals surface area contributed by atoms with Crippen LogP contribution in [0.15, 0.2) is 24.3 Å². The van der Waals surface area contributed by atoms with Crippen LogP contribution in [-0.2, 0) is 11.2 Å². The summed E-state index contributed by atoms with van der Waals surface area (Å²) in [5.74, 6) is 0.0332. The molecule has 2 aromatic rings. The molecule has 1 atom stereocenters. The minimum atomic E-state index is -0.801. The van der Waals surface area contributed by atoms with Crippen LogP contribution in [0.3, 0.4) is 0 Å². The van der Waals surface area contributed by atoms with Gasteiger partial charge in [0.25, 0.3) is 0 Å². The smallest absolute Gasteiger partial charge is 0.326 e. The molecule has 0 aliphatic heterocycles. The van der Waals surface area contributed by atoms with E-state index in [2.05, 4.69) is 4.98 Å². The largest absolute Gasteiger partial charge is 0.480 e. The molecule has 0 spiro atoms. The highest BCUT2D eigenvalue weighted by atomic mass is 16.4. The Labute approximate surface area is 99.9 Å². The molecule has 0 bridgehead atoms. The summed E-state index contributed by atoms with van der Waals surface area (Å²) in [6.07, 6.45) is 1.29. The average Bonchev–Trinajstić information content (AvgIpc) is 2.69. The number of hydrogen-bond donors (Lipinski definition) is 1. The maximum absolute atomic E-state index is 11.3. The zero-order valence-corrected chi connectivity index (χ0v) is 10.1. The molecule has 0 saturated heterocycles. The van der Waals surface area contributed by atoms with Gasteiger partial charge in [0.15, 0.2) is 0 Å². The van der Waals surface area contributed by atoms with Crippen molar-refractivity contribution in [3.05, 3.63) is 30.1 Å². The van der Waals surface area contributed by atoms with Crippen LogP contribution in [0.1, 0.15) is 32.1 Å². The monoisotopic (exact) mass is 232 g/mol. The van der Waals surface area contributed by atoms with Gasteiger partial charge in [-0.2, -0.15) is 0 Å². The van der Waals surface area contributed by atoms with Crippen molar-refractivity contribution in [3.63, 3.8) is 0 Å². The summed E-state index contributed by atoms with van der Waals surface area (Å²) >= 11 is 0. The lowest BCUT2D eigenvalue weighted by atomic mass is 10.2. The number of aromatic nitrogens is 2. The van der Waals surface area contributed by atoms with Crippen molar-refractivity contribution >= 4 is 17.0 Å². The van der Waals surface area contributed by atoms with Gasteiger partial charge in [-0.25, -0.2) is 9.78 Å². The molecule has 0 radical (unpaired) electrons. The predicted octanol–water partition coefficient (Wildman–Crippen LogP) is 2.63. The highest BCUT2D eigenvalue weighted by molar-refractivity contribution is 5.80. The Morgan fingerprint density at radius 3 is 2.71 bits per heavy atom. The van der Waals surface area contributed by atoms with Gasteiger partial charge >= 0.3 is 5.97 Å². The third-order valence-corrected chi connectivity index (χ3v) is 2.97. The van der Waals surface area contributed by atoms with Crippen molar-refractivity contribution in [2.24, 2.45) is 0 Å². The van der Waals surface area contributed by atoms with Gasteiger partial charge in [-0.15, -0.1) is 0 Å². The first-order valence-electron chi connectivity index (χ1n) is 5.87. The van der Waals surface area contributed by atoms with E-state index >= 15 is 0 Å². The van der Waals surface area contributed by atoms with Crippen LogP contribution in [-0.4, -0.2) is 20.6 Å². The molecule has 1 aromatic carbocycles. The number of benzene rings is 1. The van der Waals surface area contributed by atoms with Crippen LogP contribution in [0, 0.1) is 0 Å². The number of para-hydroxylation sites is 2. The molecular formula is C13H16N2O2. The van der Waals surface area contributed by atoms with Crippen molar-refractivity contribution < 1.29 is 9.90 Å². The quantitative estimate of drug-likeness (QED) is 0.881. The summed E-state index contributed by atoms with van der Waals surface area (Å²) in [6, 6.07) is 7.14. The normalized spacial score (nSPS) is 12.8. The molecule has 1 heterocycles. The third-order valence-electron chi connectivity index (χ3n) is 2.97. The van der Waals surface area contributed by atoms with E-state index < -0.39 is 12.0 Å². The Kier molecular flexibility index (Phi) is 3.13. The van der Waals surface area contributed by atoms with Crippen molar-refractivity contribution in [2.45, 2.75) is 32.7 Å². The van der Waals surface area contributed by atoms with Crippen molar-refractivity contribution in [1.82, 2.24) is 9.55 Å². The Hall–Kier alpha value is -1.84. The highest BCUT2D eigenvalue weighted by Gasteiger charge is 2.22. The molecule has 0 aliphatic carbocycles. The van der Waals surface area contributed by atoms with Gasteiger partial charge < -0.3 is 9.67 Å². The van der Waals surface area contributed by atoms with E-state index in [0.717, 1.165) is 23.3 Å². The van der Waals surface area contributed by atoms with E-state index in [1.54, 1.807) is 0 Å². The van der Waals surface area contributed by atoms with E-state index in [0.29, 0.717) is 6.42 Å². The lowest BCUT2D eigenvalue weighted by Crippen LogP contribution is -2.20. The van der Waals surface area contributed by atoms with Crippen LogP contribution >= 0.6 is 0 Å². The number of imidazole rings is 1. The molecule has 0 saturated carbocycles. The molecule has 0 amide bonds. The van der Waals surface area contributed by atoms with E-state index in [1.807, 2.05) is 42.7 Å². The molecular weight excluding hydrogens is 216 g/mol. The molecule has 1 N–H and O–H groups in total. The van der Waals surface area contributed by atoms with Crippen molar-refractivity contribution in [3.8, 4) is 0 Å². The minimum Gasteiger partial charge on any atom is -0.480 e. The Morgan fingerprint density at radius 1 is 1.41 bits per heavy atom. The fourth-order valence-corrected chi connectivity index (χ4v) is 2.16. The SMILES string of the molecule is CCc1nc2ccccc2n1[C@H](CC)C(=O)O. The fourth-order valence-electron chi connectivity index (χ4n) is 2.16. The zero-order valence-electron chi connectivity index (χ0n) is 10.1. The van der Waals surface area contributed by atoms with Crippen LogP contribution in [0.4, 0.5) is 0 Å². The summed E-state index contributed by atoms with van der Waals surface area (Å²) < 4.78 is 1.84. The highest BCUT2D eigenvalue weighted by Crippen LogP contribution is 2.23. The molecule has 17 heavy (non-hydrogen) atoms. The number of aliphatic carboxylic acids is 1. The first-order valence-corrected chi connectivity index (χ1v) is 5.87. The standard InChI is InChI=1S/C13H16N2O2/c1-3-10(13(16)17)15-11-8-6-5-7-9(11)14-12(15)4-2/h5-8,10H,3-4H2,1-2H3,(H,16,17)/t10-/m1/s1. The number of carboxylic acids is 1. The van der Waals surface area contributed by atoms with Crippen LogP contribution in [0.5, 0.6) is 0 Å². The van der Waals surface area contributed by atoms with E-state index in [4.69, 9.17) is 0 Å². The van der Waals surface area contributed by atoms with Crippen LogP contribution < -0.4 is 0 Å². The summed E-state index contributed by atoms with van der Waals surface area (Å²) in [5, 5.41) is 9.28. The Balaban J connectivity index is 2.68. The van der Waals surface area contributed by atoms with E-state index in [1.165, 1.54) is 0 Å². The number of rotatable bonds is 4. The number of nitrogens with zero attached hydrogens (tertiary/aromatic N) is 2. The topological polar surface area (TPSA) is 55.1 Å². The first kappa shape index (κ1) is 11.6. The van der Waals surface area contributed by atoms with E-state index in [-0.39, 0.29) is 0 Å². The van der Waals surface area contributed by atoms with Gasteiger partial charge in [0.2, 0.25) is 0 Å². The Bertz CT molecular complexity index is 545. The van der Waals surface area contributed by atoms with Crippen molar-refractivity contribution in [2.75, 3.05) is 0 Å². The van der Waals surface area contributed by atoms with Gasteiger partial charge in [0.05, 0.1) is 11.0 Å². The maximum Gasteiger partial charge on any atom is 0.326 e. The fraction of sp³-hybridized carbons (Fsp3) is 0.385. The van der Waals surface area contributed by atoms with Gasteiger partial charge in [-0.1, -0.05) is 26.0 Å². The Morgan fingerprint density at radius 2 is 2.12 bits per heavy atom. The summed E-state index contributed by atoms with van der Waals surface area (Å²) in [7, 11) is 0. The number of carboxylic acid groups (broad SMARTS) is 1. The molecule has 1 aromatic heterocycles. The molecule has 0 fully saturated rings. The van der Waals surface area contributed by atoms with Gasteiger partial charge in [-0.05, 0) is 18.6 Å². The van der Waals surface area contributed by atoms with Crippen LogP contribution in [0.25, 0.3) is 11.0 Å². The van der Waals surface area contributed by atoms with Crippen LogP contribution in [0.2, 0.25) is 0 Å². The third kappa shape index (κ3) is 1.90. The average molecular weight is 232 g/mol. The molecule has 4 nitrogen and oxygen atoms in total. The molecule has 0 aliphatic rings. The summed E-state index contributed by atoms with van der Waals surface area (Å²) in [6.45, 7) is 3.87. The second-order valence-electron chi connectivity index (χ2n) is 4.00. The molecule has 90 valence electrons. The molecule has 4 heteroatoms. The molecule has 2 rings (SSSR count). The summed E-state index contributed by atoms with van der Waals surface area (Å²) in [4.78, 5) is 15.8. The van der Waals surface area contributed by atoms with E-state index in [9.17, 15) is 9.90 Å². The number of hydrogen-bond acceptors (Lipinski definition) is 2. The van der Waals surface area contributed by atoms with Gasteiger partial charge in [-0.3, -0.25) is 0 Å². The number of aryl methyl sites for hydroxylation is 1. The molecule has 0 unspecified atom stereocenters. The lowest BCUT2D eigenvalue weighted by molar-refractivity contribution is -0.140.